The quantitative estimate of drug-likeness (QED) is 0.593. The molecule has 6 heteroatoms. The Morgan fingerprint density at radius 2 is 2.00 bits per heavy atom. The molecular formula is C25H29FN4O. The summed E-state index contributed by atoms with van der Waals surface area (Å²) in [5, 5.41) is 4.36. The number of piperidine rings is 1. The molecule has 4 rings (SSSR count). The second kappa shape index (κ2) is 9.41. The van der Waals surface area contributed by atoms with Crippen LogP contribution >= 0.6 is 0 Å². The van der Waals surface area contributed by atoms with E-state index in [0.29, 0.717) is 31.5 Å². The second-order valence-corrected chi connectivity index (χ2v) is 8.46. The third-order valence-corrected chi connectivity index (χ3v) is 5.91. The fraction of sp³-hybridized carbons (Fsp3) is 0.400. The first-order valence-electron chi connectivity index (χ1n) is 11.0. The summed E-state index contributed by atoms with van der Waals surface area (Å²) in [6, 6.07) is 13.0. The highest BCUT2D eigenvalue weighted by atomic mass is 19.1. The lowest BCUT2D eigenvalue weighted by Gasteiger charge is -2.33. The summed E-state index contributed by atoms with van der Waals surface area (Å²) in [7, 11) is 0. The Hall–Kier alpha value is -3.02. The average molecular weight is 421 g/mol. The number of carbonyl (C=O) groups excluding carboxylic acids is 1. The van der Waals surface area contributed by atoms with Crippen LogP contribution in [-0.4, -0.2) is 38.7 Å². The van der Waals surface area contributed by atoms with Gasteiger partial charge in [-0.15, -0.1) is 0 Å². The van der Waals surface area contributed by atoms with E-state index in [4.69, 9.17) is 4.98 Å². The van der Waals surface area contributed by atoms with Crippen molar-refractivity contribution in [3.63, 3.8) is 0 Å². The van der Waals surface area contributed by atoms with Crippen molar-refractivity contribution >= 4 is 5.91 Å². The van der Waals surface area contributed by atoms with E-state index in [1.165, 1.54) is 6.07 Å². The van der Waals surface area contributed by atoms with Crippen molar-refractivity contribution in [3.05, 3.63) is 82.7 Å². The molecule has 1 aliphatic rings. The number of aryl methyl sites for hydroxylation is 3. The van der Waals surface area contributed by atoms with Crippen LogP contribution in [0.3, 0.4) is 0 Å². The molecule has 1 aromatic carbocycles. The summed E-state index contributed by atoms with van der Waals surface area (Å²) in [4.78, 5) is 19.5. The summed E-state index contributed by atoms with van der Waals surface area (Å²) in [6.45, 7) is 6.01. The Labute approximate surface area is 182 Å². The SMILES string of the molecule is Cc1cc(Cc2ccccc2F)cc([C@H]2CCCN(C(=O)CCn3ccc(C)n3)C2)n1. The molecule has 3 aromatic rings. The topological polar surface area (TPSA) is 51.0 Å². The van der Waals surface area contributed by atoms with Gasteiger partial charge in [-0.05, 0) is 62.1 Å². The van der Waals surface area contributed by atoms with E-state index < -0.39 is 0 Å². The summed E-state index contributed by atoms with van der Waals surface area (Å²) >= 11 is 0. The van der Waals surface area contributed by atoms with Crippen LogP contribution in [0.4, 0.5) is 4.39 Å². The summed E-state index contributed by atoms with van der Waals surface area (Å²) in [5.74, 6) is 0.196. The Kier molecular flexibility index (Phi) is 6.44. The van der Waals surface area contributed by atoms with Gasteiger partial charge in [-0.1, -0.05) is 18.2 Å². The first-order valence-corrected chi connectivity index (χ1v) is 11.0. The van der Waals surface area contributed by atoms with Crippen LogP contribution < -0.4 is 0 Å². The Morgan fingerprint density at radius 1 is 1.16 bits per heavy atom. The minimum Gasteiger partial charge on any atom is -0.342 e. The number of rotatable bonds is 6. The molecule has 3 heterocycles. The number of hydrogen-bond acceptors (Lipinski definition) is 3. The maximum absolute atomic E-state index is 14.1. The number of likely N-dealkylation sites (tertiary alicyclic amines) is 1. The molecule has 1 amide bonds. The van der Waals surface area contributed by atoms with Gasteiger partial charge < -0.3 is 4.90 Å². The van der Waals surface area contributed by atoms with E-state index in [2.05, 4.69) is 11.2 Å². The van der Waals surface area contributed by atoms with Gasteiger partial charge in [0.1, 0.15) is 5.82 Å². The van der Waals surface area contributed by atoms with Crippen LogP contribution in [-0.2, 0) is 17.8 Å². The summed E-state index contributed by atoms with van der Waals surface area (Å²) in [6.07, 6.45) is 4.89. The largest absolute Gasteiger partial charge is 0.342 e. The highest BCUT2D eigenvalue weighted by molar-refractivity contribution is 5.76. The van der Waals surface area contributed by atoms with Crippen molar-refractivity contribution in [1.82, 2.24) is 19.7 Å². The molecule has 0 radical (unpaired) electrons. The Balaban J connectivity index is 1.43. The fourth-order valence-corrected chi connectivity index (χ4v) is 4.34. The zero-order valence-electron chi connectivity index (χ0n) is 18.2. The highest BCUT2D eigenvalue weighted by Crippen LogP contribution is 2.28. The van der Waals surface area contributed by atoms with Crippen LogP contribution in [0.15, 0.2) is 48.7 Å². The summed E-state index contributed by atoms with van der Waals surface area (Å²) < 4.78 is 15.9. The van der Waals surface area contributed by atoms with Gasteiger partial charge in [0.2, 0.25) is 5.91 Å². The maximum Gasteiger partial charge on any atom is 0.224 e. The zero-order chi connectivity index (χ0) is 21.8. The van der Waals surface area contributed by atoms with Crippen LogP contribution in [0.2, 0.25) is 0 Å². The van der Waals surface area contributed by atoms with E-state index in [1.807, 2.05) is 53.9 Å². The second-order valence-electron chi connectivity index (χ2n) is 8.46. The highest BCUT2D eigenvalue weighted by Gasteiger charge is 2.26. The average Bonchev–Trinajstić information content (AvgIpc) is 3.18. The molecule has 162 valence electrons. The molecule has 0 spiro atoms. The Morgan fingerprint density at radius 3 is 2.77 bits per heavy atom. The molecule has 0 saturated carbocycles. The summed E-state index contributed by atoms with van der Waals surface area (Å²) in [5.41, 5.74) is 4.65. The van der Waals surface area contributed by atoms with Gasteiger partial charge in [-0.25, -0.2) is 4.39 Å². The number of pyridine rings is 1. The number of amides is 1. The number of nitrogens with zero attached hydrogens (tertiary/aromatic N) is 4. The standard InChI is InChI=1S/C25H29FN4O/c1-18-9-12-30(28-18)13-10-25(31)29-11-5-7-22(17-29)24-16-20(14-19(2)27-24)15-21-6-3-4-8-23(21)26/h3-4,6,8-9,12,14,16,22H,5,7,10-11,13,15,17H2,1-2H3/t22-/m0/s1. The predicted octanol–water partition coefficient (Wildman–Crippen LogP) is 4.42. The predicted molar refractivity (Wildman–Crippen MR) is 118 cm³/mol. The third-order valence-electron chi connectivity index (χ3n) is 5.91. The van der Waals surface area contributed by atoms with Crippen LogP contribution in [0.5, 0.6) is 0 Å². The molecule has 0 bridgehead atoms. The van der Waals surface area contributed by atoms with Crippen molar-refractivity contribution in [2.75, 3.05) is 13.1 Å². The minimum atomic E-state index is -0.180. The molecule has 0 unspecified atom stereocenters. The molecule has 2 aromatic heterocycles. The first kappa shape index (κ1) is 21.2. The lowest BCUT2D eigenvalue weighted by Crippen LogP contribution is -2.39. The number of aromatic nitrogens is 3. The van der Waals surface area contributed by atoms with Crippen molar-refractivity contribution in [1.29, 1.82) is 0 Å². The van der Waals surface area contributed by atoms with E-state index in [0.717, 1.165) is 42.0 Å². The monoisotopic (exact) mass is 420 g/mol. The zero-order valence-corrected chi connectivity index (χ0v) is 18.2. The van der Waals surface area contributed by atoms with Gasteiger partial charge in [0.05, 0.1) is 5.69 Å². The van der Waals surface area contributed by atoms with Crippen LogP contribution in [0, 0.1) is 19.7 Å². The molecule has 0 N–H and O–H groups in total. The van der Waals surface area contributed by atoms with Gasteiger partial charge in [0, 0.05) is 56.0 Å². The fourth-order valence-electron chi connectivity index (χ4n) is 4.34. The van der Waals surface area contributed by atoms with E-state index in [1.54, 1.807) is 6.07 Å². The first-order chi connectivity index (χ1) is 15.0. The lowest BCUT2D eigenvalue weighted by molar-refractivity contribution is -0.132. The minimum absolute atomic E-state index is 0.164. The van der Waals surface area contributed by atoms with Crippen LogP contribution in [0.25, 0.3) is 0 Å². The van der Waals surface area contributed by atoms with E-state index >= 15 is 0 Å². The van der Waals surface area contributed by atoms with E-state index in [-0.39, 0.29) is 17.6 Å². The van der Waals surface area contributed by atoms with Gasteiger partial charge in [-0.3, -0.25) is 14.5 Å². The van der Waals surface area contributed by atoms with Crippen LogP contribution in [0.1, 0.15) is 53.4 Å². The van der Waals surface area contributed by atoms with Gasteiger partial charge in [-0.2, -0.15) is 5.10 Å². The number of halogens is 1. The normalized spacial score (nSPS) is 16.5. The maximum atomic E-state index is 14.1. The molecular weight excluding hydrogens is 391 g/mol. The van der Waals surface area contributed by atoms with Gasteiger partial charge in [0.25, 0.3) is 0 Å². The van der Waals surface area contributed by atoms with Crippen molar-refractivity contribution in [2.24, 2.45) is 0 Å². The number of carbonyl (C=O) groups is 1. The Bertz CT molecular complexity index is 1060. The third kappa shape index (κ3) is 5.37. The van der Waals surface area contributed by atoms with Gasteiger partial charge in [0.15, 0.2) is 0 Å². The number of hydrogen-bond donors (Lipinski definition) is 0. The van der Waals surface area contributed by atoms with Crippen molar-refractivity contribution in [3.8, 4) is 0 Å². The molecule has 31 heavy (non-hydrogen) atoms. The lowest BCUT2D eigenvalue weighted by atomic mass is 9.92. The molecule has 5 nitrogen and oxygen atoms in total. The molecule has 1 atom stereocenters. The van der Waals surface area contributed by atoms with Gasteiger partial charge >= 0.3 is 0 Å². The van der Waals surface area contributed by atoms with Crippen molar-refractivity contribution < 1.29 is 9.18 Å². The molecule has 0 aliphatic carbocycles. The number of benzene rings is 1. The molecule has 1 saturated heterocycles. The van der Waals surface area contributed by atoms with E-state index in [9.17, 15) is 9.18 Å². The van der Waals surface area contributed by atoms with Crippen molar-refractivity contribution in [2.45, 2.75) is 52.0 Å². The smallest absolute Gasteiger partial charge is 0.224 e. The molecule has 1 fully saturated rings. The molecule has 1 aliphatic heterocycles.